The second kappa shape index (κ2) is 7.38. The molecule has 0 saturated carbocycles. The fraction of sp³-hybridized carbons (Fsp3) is 0.238. The third-order valence-corrected chi connectivity index (χ3v) is 4.69. The van der Waals surface area contributed by atoms with Crippen LogP contribution in [0.3, 0.4) is 0 Å². The molecule has 8 heteroatoms. The Hall–Kier alpha value is -3.68. The molecular formula is C21H20N4O4. The van der Waals surface area contributed by atoms with E-state index in [-0.39, 0.29) is 24.0 Å². The van der Waals surface area contributed by atoms with E-state index in [1.807, 2.05) is 18.2 Å². The Morgan fingerprint density at radius 2 is 1.90 bits per heavy atom. The molecule has 4 aromatic rings. The van der Waals surface area contributed by atoms with Crippen molar-refractivity contribution in [1.29, 1.82) is 0 Å². The zero-order chi connectivity index (χ0) is 20.5. The zero-order valence-electron chi connectivity index (χ0n) is 16.3. The largest absolute Gasteiger partial charge is 0.497 e. The summed E-state index contributed by atoms with van der Waals surface area (Å²) >= 11 is 0. The summed E-state index contributed by atoms with van der Waals surface area (Å²) < 4.78 is 13.3. The molecular weight excluding hydrogens is 372 g/mol. The van der Waals surface area contributed by atoms with E-state index < -0.39 is 5.69 Å². The van der Waals surface area contributed by atoms with E-state index in [4.69, 9.17) is 9.26 Å². The van der Waals surface area contributed by atoms with Gasteiger partial charge in [-0.1, -0.05) is 29.4 Å². The second-order valence-corrected chi connectivity index (χ2v) is 6.90. The summed E-state index contributed by atoms with van der Waals surface area (Å²) in [4.78, 5) is 30.2. The highest BCUT2D eigenvalue weighted by Crippen LogP contribution is 2.21. The van der Waals surface area contributed by atoms with Crippen LogP contribution < -0.4 is 16.0 Å². The van der Waals surface area contributed by atoms with Crippen molar-refractivity contribution < 1.29 is 9.26 Å². The standard InChI is InChI=1S/C21H20N4O4/c1-13(2)25-20(26)16-9-4-5-10-17(16)24(21(25)27)12-18-22-19(23-29-18)14-7-6-8-15(11-14)28-3/h4-11,13H,12H2,1-3H3. The number of benzene rings is 2. The van der Waals surface area contributed by atoms with Gasteiger partial charge in [0.25, 0.3) is 5.56 Å². The summed E-state index contributed by atoms with van der Waals surface area (Å²) in [6.07, 6.45) is 0. The summed E-state index contributed by atoms with van der Waals surface area (Å²) in [6.45, 7) is 3.66. The van der Waals surface area contributed by atoms with Crippen LogP contribution in [0, 0.1) is 0 Å². The van der Waals surface area contributed by atoms with Gasteiger partial charge < -0.3 is 9.26 Å². The third-order valence-electron chi connectivity index (χ3n) is 4.69. The molecule has 2 aromatic heterocycles. The summed E-state index contributed by atoms with van der Waals surface area (Å²) in [6, 6.07) is 14.0. The van der Waals surface area contributed by atoms with E-state index in [9.17, 15) is 9.59 Å². The highest BCUT2D eigenvalue weighted by molar-refractivity contribution is 5.77. The molecule has 0 fully saturated rings. The van der Waals surface area contributed by atoms with Crippen molar-refractivity contribution in [2.45, 2.75) is 26.4 Å². The quantitative estimate of drug-likeness (QED) is 0.519. The van der Waals surface area contributed by atoms with Crippen molar-refractivity contribution in [2.75, 3.05) is 7.11 Å². The van der Waals surface area contributed by atoms with Crippen molar-refractivity contribution >= 4 is 10.9 Å². The van der Waals surface area contributed by atoms with E-state index in [1.54, 1.807) is 51.3 Å². The molecule has 4 rings (SSSR count). The van der Waals surface area contributed by atoms with Gasteiger partial charge in [0.2, 0.25) is 11.7 Å². The van der Waals surface area contributed by atoms with Crippen LogP contribution in [0.1, 0.15) is 25.8 Å². The number of ether oxygens (including phenoxy) is 1. The summed E-state index contributed by atoms with van der Waals surface area (Å²) in [5, 5.41) is 4.48. The maximum Gasteiger partial charge on any atom is 0.332 e. The van der Waals surface area contributed by atoms with E-state index in [1.165, 1.54) is 9.13 Å². The van der Waals surface area contributed by atoms with Crippen LogP contribution in [-0.4, -0.2) is 26.4 Å². The number of rotatable bonds is 5. The minimum atomic E-state index is -0.412. The normalized spacial score (nSPS) is 11.3. The summed E-state index contributed by atoms with van der Waals surface area (Å²) in [5.74, 6) is 1.34. The topological polar surface area (TPSA) is 92.2 Å². The number of fused-ring (bicyclic) bond motifs is 1. The highest BCUT2D eigenvalue weighted by Gasteiger charge is 2.17. The molecule has 148 valence electrons. The first-order chi connectivity index (χ1) is 14.0. The van der Waals surface area contributed by atoms with Crippen LogP contribution in [-0.2, 0) is 6.54 Å². The molecule has 0 aliphatic carbocycles. The molecule has 0 spiro atoms. The van der Waals surface area contributed by atoms with Gasteiger partial charge in [-0.15, -0.1) is 0 Å². The third kappa shape index (κ3) is 3.33. The minimum Gasteiger partial charge on any atom is -0.497 e. The Balaban J connectivity index is 1.80. The van der Waals surface area contributed by atoms with Crippen molar-refractivity contribution in [3.05, 3.63) is 75.3 Å². The zero-order valence-corrected chi connectivity index (χ0v) is 16.3. The molecule has 0 N–H and O–H groups in total. The average molecular weight is 392 g/mol. The lowest BCUT2D eigenvalue weighted by molar-refractivity contribution is 0.368. The van der Waals surface area contributed by atoms with Gasteiger partial charge in [-0.05, 0) is 38.1 Å². The minimum absolute atomic E-state index is 0.0588. The first-order valence-electron chi connectivity index (χ1n) is 9.20. The van der Waals surface area contributed by atoms with Gasteiger partial charge in [-0.2, -0.15) is 4.98 Å². The Morgan fingerprint density at radius 3 is 2.66 bits per heavy atom. The SMILES string of the molecule is COc1cccc(-c2noc(Cn3c(=O)n(C(C)C)c(=O)c4ccccc43)n2)c1. The number of aromatic nitrogens is 4. The molecule has 8 nitrogen and oxygen atoms in total. The highest BCUT2D eigenvalue weighted by atomic mass is 16.5. The molecule has 0 radical (unpaired) electrons. The van der Waals surface area contributed by atoms with Crippen LogP contribution in [0.15, 0.2) is 62.6 Å². The molecule has 0 saturated heterocycles. The Labute approximate surface area is 166 Å². The van der Waals surface area contributed by atoms with Gasteiger partial charge in [0.15, 0.2) is 0 Å². The lowest BCUT2D eigenvalue weighted by Gasteiger charge is -2.14. The van der Waals surface area contributed by atoms with Crippen molar-refractivity contribution in [1.82, 2.24) is 19.3 Å². The molecule has 2 heterocycles. The van der Waals surface area contributed by atoms with E-state index in [2.05, 4.69) is 10.1 Å². The van der Waals surface area contributed by atoms with Crippen molar-refractivity contribution in [3.8, 4) is 17.1 Å². The molecule has 0 unspecified atom stereocenters. The van der Waals surface area contributed by atoms with Crippen LogP contribution >= 0.6 is 0 Å². The number of hydrogen-bond acceptors (Lipinski definition) is 6. The first-order valence-corrected chi connectivity index (χ1v) is 9.20. The maximum atomic E-state index is 13.0. The van der Waals surface area contributed by atoms with E-state index in [0.29, 0.717) is 22.5 Å². The smallest absolute Gasteiger partial charge is 0.332 e. The molecule has 0 bridgehead atoms. The summed E-state index contributed by atoms with van der Waals surface area (Å²) in [5.41, 5.74) is 0.550. The van der Waals surface area contributed by atoms with E-state index >= 15 is 0 Å². The molecule has 0 amide bonds. The molecule has 0 aliphatic heterocycles. The van der Waals surface area contributed by atoms with Crippen LogP contribution in [0.5, 0.6) is 5.75 Å². The van der Waals surface area contributed by atoms with Gasteiger partial charge >= 0.3 is 5.69 Å². The van der Waals surface area contributed by atoms with Gasteiger partial charge in [-0.3, -0.25) is 13.9 Å². The van der Waals surface area contributed by atoms with Crippen LogP contribution in [0.4, 0.5) is 0 Å². The molecule has 0 atom stereocenters. The second-order valence-electron chi connectivity index (χ2n) is 6.90. The Morgan fingerprint density at radius 1 is 1.10 bits per heavy atom. The predicted octanol–water partition coefficient (Wildman–Crippen LogP) is 2.85. The average Bonchev–Trinajstić information content (AvgIpc) is 3.20. The molecule has 0 aliphatic rings. The fourth-order valence-corrected chi connectivity index (χ4v) is 3.28. The Kier molecular flexibility index (Phi) is 4.75. The van der Waals surface area contributed by atoms with Gasteiger partial charge in [-0.25, -0.2) is 4.79 Å². The number of nitrogens with zero attached hydrogens (tertiary/aromatic N) is 4. The number of methoxy groups -OCH3 is 1. The fourth-order valence-electron chi connectivity index (χ4n) is 3.28. The van der Waals surface area contributed by atoms with Crippen molar-refractivity contribution in [3.63, 3.8) is 0 Å². The lowest BCUT2D eigenvalue weighted by atomic mass is 10.2. The predicted molar refractivity (Wildman–Crippen MR) is 108 cm³/mol. The molecule has 29 heavy (non-hydrogen) atoms. The van der Waals surface area contributed by atoms with Crippen molar-refractivity contribution in [2.24, 2.45) is 0 Å². The first kappa shape index (κ1) is 18.7. The monoisotopic (exact) mass is 392 g/mol. The van der Waals surface area contributed by atoms with Gasteiger partial charge in [0.05, 0.1) is 18.0 Å². The summed E-state index contributed by atoms with van der Waals surface area (Å²) in [7, 11) is 1.59. The van der Waals surface area contributed by atoms with Gasteiger partial charge in [0, 0.05) is 11.6 Å². The lowest BCUT2D eigenvalue weighted by Crippen LogP contribution is -2.41. The number of para-hydroxylation sites is 1. The van der Waals surface area contributed by atoms with Crippen LogP contribution in [0.2, 0.25) is 0 Å². The Bertz CT molecular complexity index is 1300. The number of hydrogen-bond donors (Lipinski definition) is 0. The van der Waals surface area contributed by atoms with Gasteiger partial charge in [0.1, 0.15) is 12.3 Å². The molecule has 2 aromatic carbocycles. The van der Waals surface area contributed by atoms with E-state index in [0.717, 1.165) is 5.56 Å². The van der Waals surface area contributed by atoms with Crippen LogP contribution in [0.25, 0.3) is 22.3 Å². The maximum absolute atomic E-state index is 13.0.